The average molecular weight is 365 g/mol. The van der Waals surface area contributed by atoms with Crippen LogP contribution >= 0.6 is 0 Å². The zero-order valence-corrected chi connectivity index (χ0v) is 17.9. The maximum Gasteiger partial charge on any atom is 0.309 e. The number of rotatable bonds is 5. The van der Waals surface area contributed by atoms with E-state index >= 15 is 0 Å². The fourth-order valence-electron chi connectivity index (χ4n) is 5.73. The van der Waals surface area contributed by atoms with E-state index < -0.39 is 8.32 Å². The Morgan fingerprint density at radius 1 is 1.24 bits per heavy atom. The van der Waals surface area contributed by atoms with Gasteiger partial charge in [0.05, 0.1) is 12.0 Å². The molecule has 4 heteroatoms. The molecule has 0 amide bonds. The van der Waals surface area contributed by atoms with Gasteiger partial charge in [-0.25, -0.2) is 0 Å². The quantitative estimate of drug-likeness (QED) is 0.383. The molecule has 1 heterocycles. The molecule has 0 spiro atoms. The maximum atomic E-state index is 12.5. The van der Waals surface area contributed by atoms with E-state index in [2.05, 4.69) is 53.7 Å². The Kier molecular flexibility index (Phi) is 5.24. The molecular formula is C21H36O3Si. The fraction of sp³-hybridized carbons (Fsp3) is 0.857. The third-order valence-electron chi connectivity index (χ3n) is 7.48. The van der Waals surface area contributed by atoms with E-state index in [0.29, 0.717) is 17.8 Å². The Labute approximate surface area is 154 Å². The molecule has 0 radical (unpaired) electrons. The molecule has 1 saturated heterocycles. The summed E-state index contributed by atoms with van der Waals surface area (Å²) < 4.78 is 13.0. The second kappa shape index (κ2) is 6.84. The van der Waals surface area contributed by atoms with E-state index in [4.69, 9.17) is 9.16 Å². The lowest BCUT2D eigenvalue weighted by molar-refractivity contribution is -0.147. The van der Waals surface area contributed by atoms with E-state index in [1.165, 1.54) is 18.1 Å². The monoisotopic (exact) mass is 364 g/mol. The van der Waals surface area contributed by atoms with Gasteiger partial charge in [-0.3, -0.25) is 4.79 Å². The predicted octanol–water partition coefficient (Wildman–Crippen LogP) is 5.18. The van der Waals surface area contributed by atoms with Gasteiger partial charge in [0.2, 0.25) is 0 Å². The highest BCUT2D eigenvalue weighted by Crippen LogP contribution is 2.57. The first-order valence-electron chi connectivity index (χ1n) is 10.3. The summed E-state index contributed by atoms with van der Waals surface area (Å²) in [4.78, 5) is 12.5. The highest BCUT2D eigenvalue weighted by atomic mass is 28.4. The molecule has 0 aromatic rings. The molecule has 2 aliphatic carbocycles. The van der Waals surface area contributed by atoms with Gasteiger partial charge in [-0.15, -0.1) is 0 Å². The molecular weight excluding hydrogens is 328 g/mol. The van der Waals surface area contributed by atoms with Crippen LogP contribution in [-0.4, -0.2) is 26.5 Å². The van der Waals surface area contributed by atoms with Crippen molar-refractivity contribution in [2.24, 2.45) is 29.1 Å². The molecule has 6 atom stereocenters. The Morgan fingerprint density at radius 3 is 2.48 bits per heavy atom. The molecule has 2 fully saturated rings. The minimum Gasteiger partial charge on any atom is -0.461 e. The van der Waals surface area contributed by atoms with Crippen molar-refractivity contribution in [3.8, 4) is 0 Å². The van der Waals surface area contributed by atoms with Crippen LogP contribution in [0.4, 0.5) is 0 Å². The smallest absolute Gasteiger partial charge is 0.309 e. The van der Waals surface area contributed by atoms with Gasteiger partial charge in [-0.05, 0) is 42.8 Å². The molecule has 142 valence electrons. The van der Waals surface area contributed by atoms with Crippen LogP contribution in [0.25, 0.3) is 0 Å². The first-order chi connectivity index (χ1) is 11.8. The number of hydrogen-bond acceptors (Lipinski definition) is 3. The molecule has 0 unspecified atom stereocenters. The standard InChI is InChI=1S/C21H36O3Si/c1-7-25(8-2,9-3)24-18-14(4)11-10-12-15-17-16(18)13-21(5,6)19(17)23-20(15)22/h10-11,14-19H,7-9,12-13H2,1-6H3/b11-10-/t14-,15-,16+,17+,18-,19+/m0/s1. The maximum absolute atomic E-state index is 12.5. The van der Waals surface area contributed by atoms with Crippen LogP contribution in [0.5, 0.6) is 0 Å². The Balaban J connectivity index is 1.98. The molecule has 1 aliphatic heterocycles. The average Bonchev–Trinajstić information content (AvgIpc) is 3.03. The van der Waals surface area contributed by atoms with Gasteiger partial charge >= 0.3 is 5.97 Å². The van der Waals surface area contributed by atoms with Crippen LogP contribution in [0.15, 0.2) is 12.2 Å². The minimum absolute atomic E-state index is 0.0238. The van der Waals surface area contributed by atoms with Crippen molar-refractivity contribution in [2.45, 2.75) is 84.7 Å². The van der Waals surface area contributed by atoms with Crippen LogP contribution in [0, 0.1) is 29.1 Å². The second-order valence-electron chi connectivity index (χ2n) is 9.25. The lowest BCUT2D eigenvalue weighted by atomic mass is 9.75. The number of esters is 1. The summed E-state index contributed by atoms with van der Waals surface area (Å²) in [6.07, 6.45) is 6.75. The van der Waals surface area contributed by atoms with Crippen LogP contribution in [0.2, 0.25) is 18.1 Å². The third kappa shape index (κ3) is 3.14. The Morgan fingerprint density at radius 2 is 1.88 bits per heavy atom. The molecule has 0 N–H and O–H groups in total. The normalized spacial score (nSPS) is 41.0. The van der Waals surface area contributed by atoms with Crippen molar-refractivity contribution in [2.75, 3.05) is 0 Å². The van der Waals surface area contributed by atoms with Gasteiger partial charge in [0.1, 0.15) is 6.10 Å². The highest BCUT2D eigenvalue weighted by molar-refractivity contribution is 6.73. The molecule has 3 nitrogen and oxygen atoms in total. The summed E-state index contributed by atoms with van der Waals surface area (Å²) in [6, 6.07) is 3.53. The molecule has 3 rings (SSSR count). The molecule has 0 aromatic heterocycles. The van der Waals surface area contributed by atoms with Crippen LogP contribution in [-0.2, 0) is 14.0 Å². The molecule has 0 aromatic carbocycles. The molecule has 25 heavy (non-hydrogen) atoms. The van der Waals surface area contributed by atoms with Crippen molar-refractivity contribution in [3.05, 3.63) is 12.2 Å². The van der Waals surface area contributed by atoms with Gasteiger partial charge < -0.3 is 9.16 Å². The number of allylic oxidation sites excluding steroid dienone is 1. The Hall–Kier alpha value is -0.613. The zero-order valence-electron chi connectivity index (χ0n) is 16.9. The van der Waals surface area contributed by atoms with Gasteiger partial charge in [-0.1, -0.05) is 53.7 Å². The zero-order chi connectivity index (χ0) is 18.4. The largest absolute Gasteiger partial charge is 0.461 e. The Bertz CT molecular complexity index is 529. The second-order valence-corrected chi connectivity index (χ2v) is 14.0. The number of ether oxygens (including phenoxy) is 1. The van der Waals surface area contributed by atoms with E-state index in [9.17, 15) is 4.79 Å². The van der Waals surface area contributed by atoms with Crippen molar-refractivity contribution < 1.29 is 14.0 Å². The molecule has 3 aliphatic rings. The lowest BCUT2D eigenvalue weighted by Crippen LogP contribution is -2.47. The lowest BCUT2D eigenvalue weighted by Gasteiger charge is -2.41. The van der Waals surface area contributed by atoms with Crippen LogP contribution in [0.1, 0.15) is 54.4 Å². The molecule has 0 bridgehead atoms. The number of hydrogen-bond donors (Lipinski definition) is 0. The van der Waals surface area contributed by atoms with Gasteiger partial charge in [-0.2, -0.15) is 0 Å². The fourth-order valence-corrected chi connectivity index (χ4v) is 8.70. The summed E-state index contributed by atoms with van der Waals surface area (Å²) in [6.45, 7) is 13.8. The first kappa shape index (κ1) is 19.2. The van der Waals surface area contributed by atoms with Gasteiger partial charge in [0, 0.05) is 11.3 Å². The van der Waals surface area contributed by atoms with Crippen molar-refractivity contribution in [3.63, 3.8) is 0 Å². The minimum atomic E-state index is -1.69. The summed E-state index contributed by atoms with van der Waals surface area (Å²) in [5.74, 6) is 1.24. The van der Waals surface area contributed by atoms with E-state index in [0.717, 1.165) is 12.8 Å². The summed E-state index contributed by atoms with van der Waals surface area (Å²) >= 11 is 0. The SMILES string of the molecule is CC[Si](CC)(CC)O[C@@H]1[C@@H]2CC(C)(C)[C@@H]3OC(=O)[C@@H](C/C=C\[C@@H]1C)[C@H]23. The van der Waals surface area contributed by atoms with Crippen molar-refractivity contribution in [1.29, 1.82) is 0 Å². The first-order valence-corrected chi connectivity index (χ1v) is 12.9. The van der Waals surface area contributed by atoms with E-state index in [-0.39, 0.29) is 29.5 Å². The topological polar surface area (TPSA) is 35.5 Å². The summed E-state index contributed by atoms with van der Waals surface area (Å²) in [5, 5.41) is 0. The summed E-state index contributed by atoms with van der Waals surface area (Å²) in [5.41, 5.74) is 0.0558. The predicted molar refractivity (Wildman–Crippen MR) is 104 cm³/mol. The third-order valence-corrected chi connectivity index (χ3v) is 12.1. The van der Waals surface area contributed by atoms with E-state index in [1.54, 1.807) is 0 Å². The van der Waals surface area contributed by atoms with Gasteiger partial charge in [0.15, 0.2) is 8.32 Å². The summed E-state index contributed by atoms with van der Waals surface area (Å²) in [7, 11) is -1.69. The van der Waals surface area contributed by atoms with E-state index in [1.807, 2.05) is 0 Å². The highest BCUT2D eigenvalue weighted by Gasteiger charge is 2.61. The van der Waals surface area contributed by atoms with Crippen LogP contribution in [0.3, 0.4) is 0 Å². The molecule has 1 saturated carbocycles. The van der Waals surface area contributed by atoms with Crippen molar-refractivity contribution in [1.82, 2.24) is 0 Å². The van der Waals surface area contributed by atoms with Crippen molar-refractivity contribution >= 4 is 14.3 Å². The number of carbonyl (C=O) groups is 1. The van der Waals surface area contributed by atoms with Gasteiger partial charge in [0.25, 0.3) is 0 Å². The van der Waals surface area contributed by atoms with Crippen LogP contribution < -0.4 is 0 Å². The number of carbonyl (C=O) groups excluding carboxylic acids is 1.